The van der Waals surface area contributed by atoms with Gasteiger partial charge in [-0.05, 0) is 13.8 Å². The average Bonchev–Trinajstić information content (AvgIpc) is 2.40. The highest BCUT2D eigenvalue weighted by molar-refractivity contribution is 5.14. The zero-order valence-electron chi connectivity index (χ0n) is 8.30. The van der Waals surface area contributed by atoms with Crippen LogP contribution < -0.4 is 0 Å². The molecule has 3 atom stereocenters. The summed E-state index contributed by atoms with van der Waals surface area (Å²) in [5.74, 6) is 1.77. The van der Waals surface area contributed by atoms with E-state index < -0.39 is 0 Å². The summed E-state index contributed by atoms with van der Waals surface area (Å²) in [7, 11) is 0. The predicted octanol–water partition coefficient (Wildman–Crippen LogP) is 2.62. The van der Waals surface area contributed by atoms with Gasteiger partial charge >= 0.3 is 0 Å². The molecule has 0 aliphatic carbocycles. The maximum absolute atomic E-state index is 5.60. The molecule has 0 aromatic heterocycles. The first-order valence-corrected chi connectivity index (χ1v) is 4.73. The molecule has 0 aromatic carbocycles. The summed E-state index contributed by atoms with van der Waals surface area (Å²) < 4.78 is 11.2. The van der Waals surface area contributed by atoms with Crippen LogP contribution in [-0.4, -0.2) is 12.2 Å². The summed E-state index contributed by atoms with van der Waals surface area (Å²) in [6.07, 6.45) is 2.23. The van der Waals surface area contributed by atoms with Gasteiger partial charge in [-0.15, -0.1) is 0 Å². The van der Waals surface area contributed by atoms with E-state index in [2.05, 4.69) is 27.0 Å². The van der Waals surface area contributed by atoms with Gasteiger partial charge in [-0.25, -0.2) is 0 Å². The molecule has 72 valence electrons. The first-order chi connectivity index (χ1) is 6.04. The lowest BCUT2D eigenvalue weighted by atomic mass is 9.75. The summed E-state index contributed by atoms with van der Waals surface area (Å²) in [4.78, 5) is 0. The monoisotopic (exact) mass is 180 g/mol. The zero-order valence-corrected chi connectivity index (χ0v) is 8.30. The third kappa shape index (κ3) is 1.08. The van der Waals surface area contributed by atoms with Crippen LogP contribution in [0, 0.1) is 5.41 Å². The molecule has 2 heterocycles. The molecule has 1 unspecified atom stereocenters. The molecule has 0 aromatic rings. The summed E-state index contributed by atoms with van der Waals surface area (Å²) in [6.45, 7) is 11.9. The Morgan fingerprint density at radius 2 is 1.46 bits per heavy atom. The van der Waals surface area contributed by atoms with Gasteiger partial charge in [0.1, 0.15) is 12.2 Å². The Bertz CT molecular complexity index is 239. The molecular weight excluding hydrogens is 164 g/mol. The molecule has 2 rings (SSSR count). The lowest BCUT2D eigenvalue weighted by Crippen LogP contribution is -2.35. The lowest BCUT2D eigenvalue weighted by Gasteiger charge is -2.27. The second-order valence-electron chi connectivity index (χ2n) is 4.18. The van der Waals surface area contributed by atoms with Crippen LogP contribution in [0.4, 0.5) is 0 Å². The van der Waals surface area contributed by atoms with E-state index in [0.717, 1.165) is 24.4 Å². The van der Waals surface area contributed by atoms with Gasteiger partial charge < -0.3 is 9.47 Å². The van der Waals surface area contributed by atoms with Crippen LogP contribution >= 0.6 is 0 Å². The number of ether oxygens (including phenoxy) is 2. The Hall–Kier alpha value is -0.920. The molecule has 0 saturated carbocycles. The molecule has 2 nitrogen and oxygen atoms in total. The summed E-state index contributed by atoms with van der Waals surface area (Å²) in [6, 6.07) is 0. The Labute approximate surface area is 79.2 Å². The predicted molar refractivity (Wildman–Crippen MR) is 51.0 cm³/mol. The van der Waals surface area contributed by atoms with E-state index in [1.165, 1.54) is 0 Å². The van der Waals surface area contributed by atoms with Gasteiger partial charge in [0.15, 0.2) is 0 Å². The Kier molecular flexibility index (Phi) is 1.69. The SMILES string of the molecule is C=C1CC2(CC(=C)O[C@@H]2C)[C@H](C)O1. The van der Waals surface area contributed by atoms with Crippen LogP contribution in [0.3, 0.4) is 0 Å². The van der Waals surface area contributed by atoms with Crippen molar-refractivity contribution in [1.82, 2.24) is 0 Å². The minimum Gasteiger partial charge on any atom is -0.495 e. The first-order valence-electron chi connectivity index (χ1n) is 4.73. The van der Waals surface area contributed by atoms with Crippen molar-refractivity contribution in [3.8, 4) is 0 Å². The minimum atomic E-state index is 0.105. The molecule has 2 fully saturated rings. The van der Waals surface area contributed by atoms with Crippen LogP contribution in [0.15, 0.2) is 24.7 Å². The van der Waals surface area contributed by atoms with Crippen LogP contribution in [0.25, 0.3) is 0 Å². The van der Waals surface area contributed by atoms with Crippen molar-refractivity contribution >= 4 is 0 Å². The highest BCUT2D eigenvalue weighted by atomic mass is 16.5. The molecule has 1 spiro atoms. The topological polar surface area (TPSA) is 18.5 Å². The number of allylic oxidation sites excluding steroid dienone is 2. The van der Waals surface area contributed by atoms with Crippen molar-refractivity contribution < 1.29 is 9.47 Å². The fraction of sp³-hybridized carbons (Fsp3) is 0.636. The maximum atomic E-state index is 5.60. The van der Waals surface area contributed by atoms with Gasteiger partial charge in [-0.2, -0.15) is 0 Å². The van der Waals surface area contributed by atoms with E-state index in [-0.39, 0.29) is 17.6 Å². The highest BCUT2D eigenvalue weighted by Gasteiger charge is 2.53. The average molecular weight is 180 g/mol. The van der Waals surface area contributed by atoms with Crippen molar-refractivity contribution in [3.05, 3.63) is 24.7 Å². The Morgan fingerprint density at radius 1 is 1.08 bits per heavy atom. The summed E-state index contributed by atoms with van der Waals surface area (Å²) in [5, 5.41) is 0. The van der Waals surface area contributed by atoms with Crippen LogP contribution in [0.1, 0.15) is 26.7 Å². The van der Waals surface area contributed by atoms with E-state index in [4.69, 9.17) is 9.47 Å². The molecule has 2 aliphatic rings. The van der Waals surface area contributed by atoms with Crippen molar-refractivity contribution in [2.75, 3.05) is 0 Å². The fourth-order valence-electron chi connectivity index (χ4n) is 2.52. The number of hydrogen-bond acceptors (Lipinski definition) is 2. The second kappa shape index (κ2) is 2.53. The van der Waals surface area contributed by atoms with Crippen molar-refractivity contribution in [2.45, 2.75) is 38.9 Å². The third-order valence-electron chi connectivity index (χ3n) is 3.36. The van der Waals surface area contributed by atoms with Crippen molar-refractivity contribution in [2.24, 2.45) is 5.41 Å². The van der Waals surface area contributed by atoms with E-state index >= 15 is 0 Å². The van der Waals surface area contributed by atoms with E-state index in [0.29, 0.717) is 0 Å². The Morgan fingerprint density at radius 3 is 1.69 bits per heavy atom. The number of rotatable bonds is 0. The molecule has 2 saturated heterocycles. The summed E-state index contributed by atoms with van der Waals surface area (Å²) >= 11 is 0. The largest absolute Gasteiger partial charge is 0.495 e. The van der Waals surface area contributed by atoms with Gasteiger partial charge in [-0.1, -0.05) is 13.2 Å². The van der Waals surface area contributed by atoms with Gasteiger partial charge in [-0.3, -0.25) is 0 Å². The molecule has 0 N–H and O–H groups in total. The van der Waals surface area contributed by atoms with Gasteiger partial charge in [0, 0.05) is 12.8 Å². The van der Waals surface area contributed by atoms with Crippen LogP contribution in [-0.2, 0) is 9.47 Å². The van der Waals surface area contributed by atoms with Gasteiger partial charge in [0.25, 0.3) is 0 Å². The molecule has 2 aliphatic heterocycles. The molecule has 0 bridgehead atoms. The van der Waals surface area contributed by atoms with Gasteiger partial charge in [0.2, 0.25) is 0 Å². The molecular formula is C11H16O2. The first kappa shape index (κ1) is 8.67. The molecule has 13 heavy (non-hydrogen) atoms. The standard InChI is InChI=1S/C11H16O2/c1-7-5-11(9(3)12-7)6-8(2)13-10(11)4/h9-10H,1-2,5-6H2,3-4H3/t9-,10+,11?. The molecule has 0 radical (unpaired) electrons. The lowest BCUT2D eigenvalue weighted by molar-refractivity contribution is 0.0268. The molecule has 0 amide bonds. The zero-order chi connectivity index (χ0) is 9.64. The third-order valence-corrected chi connectivity index (χ3v) is 3.36. The second-order valence-corrected chi connectivity index (χ2v) is 4.18. The van der Waals surface area contributed by atoms with E-state index in [1.54, 1.807) is 0 Å². The van der Waals surface area contributed by atoms with Crippen LogP contribution in [0.2, 0.25) is 0 Å². The quantitative estimate of drug-likeness (QED) is 0.570. The Balaban J connectivity index is 2.29. The smallest absolute Gasteiger partial charge is 0.105 e. The van der Waals surface area contributed by atoms with Crippen molar-refractivity contribution in [1.29, 1.82) is 0 Å². The van der Waals surface area contributed by atoms with Gasteiger partial charge in [0.05, 0.1) is 16.9 Å². The highest BCUT2D eigenvalue weighted by Crippen LogP contribution is 2.52. The number of hydrogen-bond donors (Lipinski definition) is 0. The fourth-order valence-corrected chi connectivity index (χ4v) is 2.52. The van der Waals surface area contributed by atoms with E-state index in [1.807, 2.05) is 0 Å². The minimum absolute atomic E-state index is 0.105. The van der Waals surface area contributed by atoms with E-state index in [9.17, 15) is 0 Å². The molecule has 2 heteroatoms. The normalized spacial score (nSPS) is 43.8. The van der Waals surface area contributed by atoms with Crippen molar-refractivity contribution in [3.63, 3.8) is 0 Å². The summed E-state index contributed by atoms with van der Waals surface area (Å²) in [5.41, 5.74) is 0.105. The van der Waals surface area contributed by atoms with Crippen LogP contribution in [0.5, 0.6) is 0 Å². The maximum Gasteiger partial charge on any atom is 0.105 e.